The zero-order valence-corrected chi connectivity index (χ0v) is 17.3. The Morgan fingerprint density at radius 2 is 1.71 bits per heavy atom. The van der Waals surface area contributed by atoms with Gasteiger partial charge in [-0.3, -0.25) is 9.69 Å². The molecule has 2 saturated heterocycles. The van der Waals surface area contributed by atoms with Gasteiger partial charge in [-0.1, -0.05) is 30.3 Å². The lowest BCUT2D eigenvalue weighted by Gasteiger charge is -2.39. The van der Waals surface area contributed by atoms with Crippen LogP contribution in [0.25, 0.3) is 11.3 Å². The van der Waals surface area contributed by atoms with Crippen LogP contribution in [-0.4, -0.2) is 77.9 Å². The second kappa shape index (κ2) is 9.21. The summed E-state index contributed by atoms with van der Waals surface area (Å²) in [5.41, 5.74) is 1.80. The van der Waals surface area contributed by atoms with Crippen LogP contribution < -0.4 is 4.90 Å². The molecular formula is C22H26F3N5O. The minimum Gasteiger partial charge on any atom is -0.354 e. The largest absolute Gasteiger partial charge is 0.401 e. The first-order valence-corrected chi connectivity index (χ1v) is 10.6. The zero-order chi connectivity index (χ0) is 21.8. The van der Waals surface area contributed by atoms with Gasteiger partial charge in [0.15, 0.2) is 5.82 Å². The number of aromatic nitrogens is 2. The van der Waals surface area contributed by atoms with Crippen molar-refractivity contribution in [2.24, 2.45) is 5.92 Å². The van der Waals surface area contributed by atoms with Crippen LogP contribution in [0, 0.1) is 5.92 Å². The summed E-state index contributed by atoms with van der Waals surface area (Å²) < 4.78 is 37.7. The molecule has 2 fully saturated rings. The van der Waals surface area contributed by atoms with Crippen molar-refractivity contribution in [3.8, 4) is 11.3 Å². The number of piperazine rings is 1. The van der Waals surface area contributed by atoms with Crippen molar-refractivity contribution in [3.05, 3.63) is 42.5 Å². The van der Waals surface area contributed by atoms with Crippen molar-refractivity contribution in [2.45, 2.75) is 19.0 Å². The molecule has 1 atom stereocenters. The van der Waals surface area contributed by atoms with Gasteiger partial charge in [0.1, 0.15) is 0 Å². The highest BCUT2D eigenvalue weighted by Gasteiger charge is 2.35. The SMILES string of the molecule is O=C(C1CCCN(c2ccc(-c3ccccc3)nn2)C1)N1CCN(CC(F)(F)F)CC1. The monoisotopic (exact) mass is 433 g/mol. The van der Waals surface area contributed by atoms with E-state index in [1.807, 2.05) is 42.5 Å². The first kappa shape index (κ1) is 21.5. The van der Waals surface area contributed by atoms with E-state index < -0.39 is 12.7 Å². The van der Waals surface area contributed by atoms with Crippen molar-refractivity contribution in [2.75, 3.05) is 50.7 Å². The first-order valence-electron chi connectivity index (χ1n) is 10.6. The minimum atomic E-state index is -4.20. The van der Waals surface area contributed by atoms with Crippen LogP contribution in [0.3, 0.4) is 0 Å². The standard InChI is InChI=1S/C22H26F3N5O/c23-22(24,25)16-28-11-13-29(14-12-28)21(31)18-7-4-10-30(15-18)20-9-8-19(26-27-20)17-5-2-1-3-6-17/h1-3,5-6,8-9,18H,4,7,10-16H2. The number of hydrogen-bond donors (Lipinski definition) is 0. The molecule has 1 unspecified atom stereocenters. The minimum absolute atomic E-state index is 0.0326. The van der Waals surface area contributed by atoms with E-state index in [1.54, 1.807) is 4.90 Å². The van der Waals surface area contributed by atoms with Crippen LogP contribution in [0.2, 0.25) is 0 Å². The van der Waals surface area contributed by atoms with Crippen molar-refractivity contribution in [1.82, 2.24) is 20.0 Å². The molecule has 0 aliphatic carbocycles. The summed E-state index contributed by atoms with van der Waals surface area (Å²) in [5, 5.41) is 8.70. The predicted octanol–water partition coefficient (Wildman–Crippen LogP) is 3.07. The number of amides is 1. The summed E-state index contributed by atoms with van der Waals surface area (Å²) in [4.78, 5) is 18.1. The average molecular weight is 433 g/mol. The third-order valence-electron chi connectivity index (χ3n) is 5.90. The summed E-state index contributed by atoms with van der Waals surface area (Å²) in [6.45, 7) is 1.66. The van der Waals surface area contributed by atoms with Gasteiger partial charge < -0.3 is 9.80 Å². The molecular weight excluding hydrogens is 407 g/mol. The van der Waals surface area contributed by atoms with Crippen LogP contribution in [0.4, 0.5) is 19.0 Å². The number of nitrogens with zero attached hydrogens (tertiary/aromatic N) is 5. The highest BCUT2D eigenvalue weighted by molar-refractivity contribution is 5.80. The fourth-order valence-corrected chi connectivity index (χ4v) is 4.28. The van der Waals surface area contributed by atoms with Crippen molar-refractivity contribution >= 4 is 11.7 Å². The predicted molar refractivity (Wildman–Crippen MR) is 111 cm³/mol. The molecule has 0 spiro atoms. The van der Waals surface area contributed by atoms with E-state index in [1.165, 1.54) is 4.90 Å². The van der Waals surface area contributed by atoms with Gasteiger partial charge in [-0.2, -0.15) is 13.2 Å². The topological polar surface area (TPSA) is 52.6 Å². The van der Waals surface area contributed by atoms with Gasteiger partial charge in [-0.25, -0.2) is 0 Å². The van der Waals surface area contributed by atoms with Gasteiger partial charge in [0.05, 0.1) is 18.2 Å². The summed E-state index contributed by atoms with van der Waals surface area (Å²) in [5.74, 6) is 0.607. The summed E-state index contributed by atoms with van der Waals surface area (Å²) in [6, 6.07) is 13.7. The van der Waals surface area contributed by atoms with Crippen LogP contribution >= 0.6 is 0 Å². The molecule has 31 heavy (non-hydrogen) atoms. The molecule has 1 aromatic carbocycles. The molecule has 4 rings (SSSR count). The number of benzene rings is 1. The van der Waals surface area contributed by atoms with E-state index in [9.17, 15) is 18.0 Å². The maximum absolute atomic E-state index is 13.0. The second-order valence-electron chi connectivity index (χ2n) is 8.14. The van der Waals surface area contributed by atoms with Gasteiger partial charge in [0.2, 0.25) is 5.91 Å². The van der Waals surface area contributed by atoms with Gasteiger partial charge in [-0.15, -0.1) is 10.2 Å². The molecule has 0 radical (unpaired) electrons. The Balaban J connectivity index is 1.34. The molecule has 0 saturated carbocycles. The summed E-state index contributed by atoms with van der Waals surface area (Å²) >= 11 is 0. The Morgan fingerprint density at radius 3 is 2.35 bits per heavy atom. The van der Waals surface area contributed by atoms with E-state index in [0.717, 1.165) is 36.5 Å². The number of anilines is 1. The molecule has 2 aliphatic rings. The summed E-state index contributed by atoms with van der Waals surface area (Å²) in [6.07, 6.45) is -2.55. The third kappa shape index (κ3) is 5.52. The van der Waals surface area contributed by atoms with E-state index >= 15 is 0 Å². The first-order chi connectivity index (χ1) is 14.9. The Hall–Kier alpha value is -2.68. The van der Waals surface area contributed by atoms with Crippen LogP contribution in [-0.2, 0) is 4.79 Å². The van der Waals surface area contributed by atoms with Crippen molar-refractivity contribution < 1.29 is 18.0 Å². The van der Waals surface area contributed by atoms with Crippen molar-refractivity contribution in [3.63, 3.8) is 0 Å². The molecule has 0 N–H and O–H groups in total. The molecule has 2 aliphatic heterocycles. The summed E-state index contributed by atoms with van der Waals surface area (Å²) in [7, 11) is 0. The maximum atomic E-state index is 13.0. The number of rotatable bonds is 4. The fraction of sp³-hybridized carbons (Fsp3) is 0.500. The quantitative estimate of drug-likeness (QED) is 0.742. The number of carbonyl (C=O) groups is 1. The fourth-order valence-electron chi connectivity index (χ4n) is 4.28. The lowest BCUT2D eigenvalue weighted by atomic mass is 9.96. The smallest absolute Gasteiger partial charge is 0.354 e. The normalized spacial score (nSPS) is 20.7. The lowest BCUT2D eigenvalue weighted by molar-refractivity contribution is -0.152. The Bertz CT molecular complexity index is 867. The van der Waals surface area contributed by atoms with Crippen molar-refractivity contribution in [1.29, 1.82) is 0 Å². The van der Waals surface area contributed by atoms with Gasteiger partial charge in [0, 0.05) is 44.8 Å². The number of halogens is 3. The van der Waals surface area contributed by atoms with E-state index in [-0.39, 0.29) is 24.9 Å². The highest BCUT2D eigenvalue weighted by atomic mass is 19.4. The Labute approximate surface area is 179 Å². The van der Waals surface area contributed by atoms with Crippen LogP contribution in [0.15, 0.2) is 42.5 Å². The average Bonchev–Trinajstić information content (AvgIpc) is 2.79. The molecule has 0 bridgehead atoms. The number of piperidine rings is 1. The van der Waals surface area contributed by atoms with E-state index in [0.29, 0.717) is 19.6 Å². The Morgan fingerprint density at radius 1 is 0.968 bits per heavy atom. The third-order valence-corrected chi connectivity index (χ3v) is 5.90. The zero-order valence-electron chi connectivity index (χ0n) is 17.3. The van der Waals surface area contributed by atoms with E-state index in [2.05, 4.69) is 15.1 Å². The van der Waals surface area contributed by atoms with Gasteiger partial charge in [-0.05, 0) is 25.0 Å². The molecule has 3 heterocycles. The second-order valence-corrected chi connectivity index (χ2v) is 8.14. The van der Waals surface area contributed by atoms with Gasteiger partial charge >= 0.3 is 6.18 Å². The van der Waals surface area contributed by atoms with Crippen LogP contribution in [0.5, 0.6) is 0 Å². The van der Waals surface area contributed by atoms with Crippen LogP contribution in [0.1, 0.15) is 12.8 Å². The van der Waals surface area contributed by atoms with E-state index in [4.69, 9.17) is 0 Å². The number of alkyl halides is 3. The molecule has 9 heteroatoms. The van der Waals surface area contributed by atoms with Gasteiger partial charge in [0.25, 0.3) is 0 Å². The highest BCUT2D eigenvalue weighted by Crippen LogP contribution is 2.25. The molecule has 166 valence electrons. The Kier molecular flexibility index (Phi) is 6.41. The maximum Gasteiger partial charge on any atom is 0.401 e. The lowest BCUT2D eigenvalue weighted by Crippen LogP contribution is -2.53. The molecule has 2 aromatic rings. The molecule has 1 amide bonds. The number of hydrogen-bond acceptors (Lipinski definition) is 5. The molecule has 6 nitrogen and oxygen atoms in total. The molecule has 1 aromatic heterocycles. The number of carbonyl (C=O) groups excluding carboxylic acids is 1.